The van der Waals surface area contributed by atoms with Crippen LogP contribution in [0.3, 0.4) is 0 Å². The fourth-order valence-electron chi connectivity index (χ4n) is 0.815. The number of nitrogens with two attached hydrogens (primary N) is 1. The number of anilines is 1. The van der Waals surface area contributed by atoms with Gasteiger partial charge in [-0.2, -0.15) is 0 Å². The summed E-state index contributed by atoms with van der Waals surface area (Å²) in [4.78, 5) is 0. The van der Waals surface area contributed by atoms with Crippen LogP contribution in [0.1, 0.15) is 6.92 Å². The van der Waals surface area contributed by atoms with Crippen LogP contribution in [0.5, 0.6) is 0 Å². The fraction of sp³-hybridized carbons (Fsp3) is 0.100. The zero-order valence-corrected chi connectivity index (χ0v) is 8.60. The molecule has 3 nitrogen and oxygen atoms in total. The van der Waals surface area contributed by atoms with Gasteiger partial charge in [0, 0.05) is 22.5 Å². The second kappa shape index (κ2) is 4.67. The Kier molecular flexibility index (Phi) is 3.54. The minimum absolute atomic E-state index is 0.0615. The molecule has 0 heterocycles. The second-order valence-corrected chi connectivity index (χ2v) is 3.33. The van der Waals surface area contributed by atoms with Crippen LogP contribution < -0.4 is 11.1 Å². The third kappa shape index (κ3) is 3.11. The first kappa shape index (κ1) is 10.6. The summed E-state index contributed by atoms with van der Waals surface area (Å²) in [5, 5.41) is 10.9. The van der Waals surface area contributed by atoms with E-state index < -0.39 is 0 Å². The van der Waals surface area contributed by atoms with Gasteiger partial charge in [-0.1, -0.05) is 11.6 Å². The molecular formula is C10H12ClN3. The fourth-order valence-corrected chi connectivity index (χ4v) is 0.941. The zero-order chi connectivity index (χ0) is 10.6. The smallest absolute Gasteiger partial charge is 0.119 e. The maximum Gasteiger partial charge on any atom is 0.119 e. The first-order valence-corrected chi connectivity index (χ1v) is 4.50. The summed E-state index contributed by atoms with van der Waals surface area (Å²) in [7, 11) is 0. The Balaban J connectivity index is 2.66. The first-order chi connectivity index (χ1) is 6.59. The van der Waals surface area contributed by atoms with Crippen LogP contribution in [-0.2, 0) is 0 Å². The highest BCUT2D eigenvalue weighted by molar-refractivity contribution is 6.30. The number of amidine groups is 1. The minimum Gasteiger partial charge on any atom is -0.384 e. The summed E-state index contributed by atoms with van der Waals surface area (Å²) in [6, 6.07) is 7.29. The van der Waals surface area contributed by atoms with E-state index >= 15 is 0 Å². The lowest BCUT2D eigenvalue weighted by Gasteiger charge is -2.02. The van der Waals surface area contributed by atoms with Gasteiger partial charge in [-0.3, -0.25) is 5.41 Å². The van der Waals surface area contributed by atoms with Gasteiger partial charge in [0.05, 0.1) is 0 Å². The lowest BCUT2D eigenvalue weighted by molar-refractivity contribution is 1.38. The molecule has 0 atom stereocenters. The molecule has 1 aromatic carbocycles. The van der Waals surface area contributed by atoms with Gasteiger partial charge in [0.2, 0.25) is 0 Å². The van der Waals surface area contributed by atoms with Crippen LogP contribution in [0.25, 0.3) is 0 Å². The Morgan fingerprint density at radius 1 is 1.43 bits per heavy atom. The second-order valence-electron chi connectivity index (χ2n) is 2.89. The summed E-state index contributed by atoms with van der Waals surface area (Å²) in [5.74, 6) is 0.0615. The molecule has 4 heteroatoms. The maximum atomic E-state index is 7.15. The van der Waals surface area contributed by atoms with Crippen molar-refractivity contribution in [2.24, 2.45) is 5.73 Å². The molecule has 4 N–H and O–H groups in total. The van der Waals surface area contributed by atoms with Gasteiger partial charge in [-0.05, 0) is 31.2 Å². The van der Waals surface area contributed by atoms with E-state index in [1.54, 1.807) is 25.3 Å². The molecule has 0 bridgehead atoms. The SMILES string of the molecule is C/C(=C/Nc1ccc(Cl)cc1)C(=N)N. The number of rotatable bonds is 3. The van der Waals surface area contributed by atoms with Gasteiger partial charge in [0.25, 0.3) is 0 Å². The van der Waals surface area contributed by atoms with E-state index in [1.165, 1.54) is 0 Å². The van der Waals surface area contributed by atoms with Crippen molar-refractivity contribution in [1.29, 1.82) is 5.41 Å². The van der Waals surface area contributed by atoms with E-state index in [-0.39, 0.29) is 5.84 Å². The van der Waals surface area contributed by atoms with E-state index in [1.807, 2.05) is 12.1 Å². The Labute approximate surface area is 88.1 Å². The Hall–Kier alpha value is -1.48. The standard InChI is InChI=1S/C10H12ClN3/c1-7(10(12)13)6-14-9-4-2-8(11)3-5-9/h2-6,14H,1H3,(H3,12,13)/b7-6-. The van der Waals surface area contributed by atoms with Crippen LogP contribution in [0.2, 0.25) is 5.02 Å². The summed E-state index contributed by atoms with van der Waals surface area (Å²) in [6.07, 6.45) is 1.69. The number of benzene rings is 1. The van der Waals surface area contributed by atoms with Gasteiger partial charge in [-0.15, -0.1) is 0 Å². The molecule has 14 heavy (non-hydrogen) atoms. The normalized spacial score (nSPS) is 11.1. The molecule has 0 spiro atoms. The van der Waals surface area contributed by atoms with Crippen molar-refractivity contribution in [2.75, 3.05) is 5.32 Å². The predicted octanol–water partition coefficient (Wildman–Crippen LogP) is 2.59. The molecule has 74 valence electrons. The van der Waals surface area contributed by atoms with Crippen molar-refractivity contribution in [2.45, 2.75) is 6.92 Å². The lowest BCUT2D eigenvalue weighted by atomic mass is 10.3. The van der Waals surface area contributed by atoms with Crippen LogP contribution >= 0.6 is 11.6 Å². The Morgan fingerprint density at radius 2 is 2.00 bits per heavy atom. The topological polar surface area (TPSA) is 61.9 Å². The van der Waals surface area contributed by atoms with Gasteiger partial charge in [0.15, 0.2) is 0 Å². The molecule has 0 saturated carbocycles. The molecule has 0 unspecified atom stereocenters. The summed E-state index contributed by atoms with van der Waals surface area (Å²) >= 11 is 5.73. The van der Waals surface area contributed by atoms with E-state index in [4.69, 9.17) is 22.7 Å². The third-order valence-electron chi connectivity index (χ3n) is 1.72. The number of hydrogen-bond acceptors (Lipinski definition) is 2. The minimum atomic E-state index is 0.0615. The molecule has 1 aromatic rings. The quantitative estimate of drug-likeness (QED) is 0.529. The number of hydrogen-bond donors (Lipinski definition) is 3. The summed E-state index contributed by atoms with van der Waals surface area (Å²) < 4.78 is 0. The molecule has 0 fully saturated rings. The van der Waals surface area contributed by atoms with Crippen LogP contribution in [0, 0.1) is 5.41 Å². The van der Waals surface area contributed by atoms with Crippen molar-refractivity contribution in [3.8, 4) is 0 Å². The molecule has 0 aliphatic heterocycles. The first-order valence-electron chi connectivity index (χ1n) is 4.13. The van der Waals surface area contributed by atoms with Crippen molar-refractivity contribution in [1.82, 2.24) is 0 Å². The lowest BCUT2D eigenvalue weighted by Crippen LogP contribution is -2.11. The molecule has 0 aliphatic rings. The zero-order valence-electron chi connectivity index (χ0n) is 7.84. The summed E-state index contributed by atoms with van der Waals surface area (Å²) in [5.41, 5.74) is 6.88. The van der Waals surface area contributed by atoms with E-state index in [0.29, 0.717) is 10.6 Å². The molecule has 0 aromatic heterocycles. The van der Waals surface area contributed by atoms with Crippen LogP contribution in [0.15, 0.2) is 36.0 Å². The number of halogens is 1. The molecular weight excluding hydrogens is 198 g/mol. The Morgan fingerprint density at radius 3 is 2.50 bits per heavy atom. The average Bonchev–Trinajstić information content (AvgIpc) is 2.16. The monoisotopic (exact) mass is 209 g/mol. The maximum absolute atomic E-state index is 7.15. The van der Waals surface area contributed by atoms with Crippen LogP contribution in [-0.4, -0.2) is 5.84 Å². The Bertz CT molecular complexity index is 354. The number of nitrogens with one attached hydrogen (secondary N) is 2. The van der Waals surface area contributed by atoms with E-state index in [2.05, 4.69) is 5.32 Å². The summed E-state index contributed by atoms with van der Waals surface area (Å²) in [6.45, 7) is 1.77. The van der Waals surface area contributed by atoms with Gasteiger partial charge >= 0.3 is 0 Å². The van der Waals surface area contributed by atoms with Gasteiger partial charge in [-0.25, -0.2) is 0 Å². The third-order valence-corrected chi connectivity index (χ3v) is 1.98. The van der Waals surface area contributed by atoms with Crippen molar-refractivity contribution in [3.63, 3.8) is 0 Å². The van der Waals surface area contributed by atoms with Gasteiger partial charge in [0.1, 0.15) is 5.84 Å². The van der Waals surface area contributed by atoms with E-state index in [0.717, 1.165) is 5.69 Å². The van der Waals surface area contributed by atoms with Crippen LogP contribution in [0.4, 0.5) is 5.69 Å². The van der Waals surface area contributed by atoms with Gasteiger partial charge < -0.3 is 11.1 Å². The largest absolute Gasteiger partial charge is 0.384 e. The molecule has 0 aliphatic carbocycles. The highest BCUT2D eigenvalue weighted by atomic mass is 35.5. The molecule has 0 radical (unpaired) electrons. The predicted molar refractivity (Wildman–Crippen MR) is 60.7 cm³/mol. The average molecular weight is 210 g/mol. The molecule has 1 rings (SSSR count). The highest BCUT2D eigenvalue weighted by Gasteiger charge is 1.92. The van der Waals surface area contributed by atoms with Crippen molar-refractivity contribution < 1.29 is 0 Å². The molecule has 0 saturated heterocycles. The van der Waals surface area contributed by atoms with Crippen molar-refractivity contribution in [3.05, 3.63) is 41.1 Å². The van der Waals surface area contributed by atoms with Crippen molar-refractivity contribution >= 4 is 23.1 Å². The molecule has 0 amide bonds. The highest BCUT2D eigenvalue weighted by Crippen LogP contribution is 2.13. The van der Waals surface area contributed by atoms with E-state index in [9.17, 15) is 0 Å².